The van der Waals surface area contributed by atoms with Gasteiger partial charge in [-0.05, 0) is 67.6 Å². The molecule has 0 aliphatic carbocycles. The van der Waals surface area contributed by atoms with Gasteiger partial charge in [-0.25, -0.2) is 17.2 Å². The molecule has 0 saturated carbocycles. The Morgan fingerprint density at radius 3 is 2.30 bits per heavy atom. The molecule has 2 aliphatic heterocycles. The molecular formula is C22H24F2N2O3S. The maximum absolute atomic E-state index is 13.5. The van der Waals surface area contributed by atoms with Crippen molar-refractivity contribution in [3.05, 3.63) is 65.2 Å². The summed E-state index contributed by atoms with van der Waals surface area (Å²) in [6.45, 7) is 2.53. The first-order valence-corrected chi connectivity index (χ1v) is 11.5. The molecule has 1 spiro atoms. The Morgan fingerprint density at radius 1 is 1.00 bits per heavy atom. The number of benzene rings is 2. The summed E-state index contributed by atoms with van der Waals surface area (Å²) in [6, 6.07) is 9.92. The van der Waals surface area contributed by atoms with Crippen molar-refractivity contribution < 1.29 is 22.0 Å². The normalized spacial score (nSPS) is 19.6. The molecule has 0 aromatic heterocycles. The van der Waals surface area contributed by atoms with Gasteiger partial charge in [0.05, 0.1) is 4.90 Å². The van der Waals surface area contributed by atoms with Gasteiger partial charge in [0.25, 0.3) is 0 Å². The zero-order chi connectivity index (χ0) is 21.5. The van der Waals surface area contributed by atoms with Gasteiger partial charge in [0.2, 0.25) is 15.9 Å². The van der Waals surface area contributed by atoms with Crippen LogP contribution in [0.3, 0.4) is 0 Å². The Labute approximate surface area is 175 Å². The van der Waals surface area contributed by atoms with Gasteiger partial charge in [-0.2, -0.15) is 4.31 Å². The number of amides is 1. The van der Waals surface area contributed by atoms with Crippen molar-refractivity contribution in [1.82, 2.24) is 9.21 Å². The quantitative estimate of drug-likeness (QED) is 0.739. The van der Waals surface area contributed by atoms with E-state index in [1.54, 1.807) is 12.1 Å². The highest BCUT2D eigenvalue weighted by atomic mass is 32.2. The van der Waals surface area contributed by atoms with Crippen LogP contribution in [-0.4, -0.2) is 42.2 Å². The number of carbonyl (C=O) groups excluding carboxylic acids is 1. The zero-order valence-electron chi connectivity index (χ0n) is 16.8. The molecule has 8 heteroatoms. The molecule has 0 bridgehead atoms. The highest BCUT2D eigenvalue weighted by Gasteiger charge is 2.48. The number of likely N-dealkylation sites (tertiary alicyclic amines) is 1. The zero-order valence-corrected chi connectivity index (χ0v) is 17.6. The number of sulfonamides is 1. The lowest BCUT2D eigenvalue weighted by Crippen LogP contribution is -2.53. The third-order valence-corrected chi connectivity index (χ3v) is 8.25. The summed E-state index contributed by atoms with van der Waals surface area (Å²) in [5, 5.41) is 0. The van der Waals surface area contributed by atoms with Gasteiger partial charge in [0, 0.05) is 31.6 Å². The fraction of sp³-hybridized carbons (Fsp3) is 0.409. The van der Waals surface area contributed by atoms with Gasteiger partial charge in [-0.1, -0.05) is 12.1 Å². The summed E-state index contributed by atoms with van der Waals surface area (Å²) >= 11 is 0. The molecule has 5 nitrogen and oxygen atoms in total. The molecule has 0 radical (unpaired) electrons. The van der Waals surface area contributed by atoms with Crippen LogP contribution in [-0.2, 0) is 21.4 Å². The summed E-state index contributed by atoms with van der Waals surface area (Å²) in [7, 11) is -3.72. The van der Waals surface area contributed by atoms with Gasteiger partial charge in [0.15, 0.2) is 0 Å². The highest BCUT2D eigenvalue weighted by Crippen LogP contribution is 2.41. The first-order chi connectivity index (χ1) is 14.2. The second-order valence-electron chi connectivity index (χ2n) is 8.15. The molecule has 30 heavy (non-hydrogen) atoms. The number of carbonyl (C=O) groups is 1. The van der Waals surface area contributed by atoms with Gasteiger partial charge >= 0.3 is 0 Å². The standard InChI is InChI=1S/C22H24F2N2O3S/c1-16-14-19(6-7-20(16)24)30(28,29)25-12-10-22(11-13-25)9-8-21(27)26(22)15-17-2-4-18(23)5-3-17/h2-7,14H,8-13,15H2,1H3. The molecule has 2 heterocycles. The second-order valence-corrected chi connectivity index (χ2v) is 10.1. The summed E-state index contributed by atoms with van der Waals surface area (Å²) < 4.78 is 54.2. The minimum Gasteiger partial charge on any atom is -0.333 e. The van der Waals surface area contributed by atoms with E-state index in [1.165, 1.54) is 41.6 Å². The van der Waals surface area contributed by atoms with Crippen molar-refractivity contribution in [2.75, 3.05) is 13.1 Å². The highest BCUT2D eigenvalue weighted by molar-refractivity contribution is 7.89. The minimum absolute atomic E-state index is 0.0461. The van der Waals surface area contributed by atoms with Crippen LogP contribution >= 0.6 is 0 Å². The molecule has 0 unspecified atom stereocenters. The number of hydrogen-bond donors (Lipinski definition) is 0. The van der Waals surface area contributed by atoms with Crippen LogP contribution in [0.4, 0.5) is 8.78 Å². The first kappa shape index (κ1) is 20.9. The van der Waals surface area contributed by atoms with Crippen LogP contribution in [0.25, 0.3) is 0 Å². The van der Waals surface area contributed by atoms with Gasteiger partial charge in [-0.3, -0.25) is 4.79 Å². The molecule has 2 saturated heterocycles. The Hall–Kier alpha value is -2.32. The third kappa shape index (κ3) is 3.74. The number of rotatable bonds is 4. The van der Waals surface area contributed by atoms with E-state index < -0.39 is 15.8 Å². The van der Waals surface area contributed by atoms with E-state index in [1.807, 2.05) is 4.90 Å². The predicted octanol–water partition coefficient (Wildman–Crippen LogP) is 3.62. The lowest BCUT2D eigenvalue weighted by Gasteiger charge is -2.44. The number of nitrogens with zero attached hydrogens (tertiary/aromatic N) is 2. The largest absolute Gasteiger partial charge is 0.333 e. The summed E-state index contributed by atoms with van der Waals surface area (Å²) in [4.78, 5) is 14.5. The monoisotopic (exact) mass is 434 g/mol. The van der Waals surface area contributed by atoms with Crippen molar-refractivity contribution in [2.45, 2.75) is 49.6 Å². The Bertz CT molecular complexity index is 1060. The molecular weight excluding hydrogens is 410 g/mol. The van der Waals surface area contributed by atoms with Crippen molar-refractivity contribution in [3.63, 3.8) is 0 Å². The van der Waals surface area contributed by atoms with E-state index in [9.17, 15) is 22.0 Å². The second kappa shape index (κ2) is 7.74. The predicted molar refractivity (Wildman–Crippen MR) is 108 cm³/mol. The Balaban J connectivity index is 1.51. The maximum Gasteiger partial charge on any atom is 0.243 e. The smallest absolute Gasteiger partial charge is 0.243 e. The lowest BCUT2D eigenvalue weighted by atomic mass is 9.85. The van der Waals surface area contributed by atoms with Gasteiger partial charge in [0.1, 0.15) is 11.6 Å². The minimum atomic E-state index is -3.72. The summed E-state index contributed by atoms with van der Waals surface area (Å²) in [5.74, 6) is -0.715. The van der Waals surface area contributed by atoms with Crippen LogP contribution in [0, 0.1) is 18.6 Å². The van der Waals surface area contributed by atoms with Gasteiger partial charge in [-0.15, -0.1) is 0 Å². The van der Waals surface area contributed by atoms with E-state index in [-0.39, 0.29) is 27.7 Å². The average Bonchev–Trinajstić information content (AvgIpc) is 3.01. The molecule has 160 valence electrons. The molecule has 2 aromatic rings. The fourth-order valence-corrected chi connectivity index (χ4v) is 6.02. The molecule has 2 aliphatic rings. The van der Waals surface area contributed by atoms with Crippen LogP contribution < -0.4 is 0 Å². The van der Waals surface area contributed by atoms with Crippen molar-refractivity contribution in [2.24, 2.45) is 0 Å². The van der Waals surface area contributed by atoms with E-state index in [0.717, 1.165) is 5.56 Å². The Morgan fingerprint density at radius 2 is 1.67 bits per heavy atom. The van der Waals surface area contributed by atoms with Crippen molar-refractivity contribution in [1.29, 1.82) is 0 Å². The van der Waals surface area contributed by atoms with Crippen LogP contribution in [0.1, 0.15) is 36.8 Å². The van der Waals surface area contributed by atoms with Crippen LogP contribution in [0.2, 0.25) is 0 Å². The lowest BCUT2D eigenvalue weighted by molar-refractivity contribution is -0.133. The fourth-order valence-electron chi connectivity index (χ4n) is 4.49. The van der Waals surface area contributed by atoms with E-state index >= 15 is 0 Å². The van der Waals surface area contributed by atoms with Crippen LogP contribution in [0.15, 0.2) is 47.4 Å². The van der Waals surface area contributed by atoms with E-state index in [2.05, 4.69) is 0 Å². The van der Waals surface area contributed by atoms with E-state index in [0.29, 0.717) is 45.3 Å². The number of aryl methyl sites for hydroxylation is 1. The maximum atomic E-state index is 13.5. The molecule has 1 amide bonds. The summed E-state index contributed by atoms with van der Waals surface area (Å²) in [6.07, 6.45) is 2.21. The van der Waals surface area contributed by atoms with Gasteiger partial charge < -0.3 is 4.90 Å². The molecule has 2 aromatic carbocycles. The molecule has 4 rings (SSSR count). The Kier molecular flexibility index (Phi) is 5.40. The number of hydrogen-bond acceptors (Lipinski definition) is 3. The average molecular weight is 435 g/mol. The number of halogens is 2. The number of piperidine rings is 1. The van der Waals surface area contributed by atoms with E-state index in [4.69, 9.17) is 0 Å². The molecule has 0 N–H and O–H groups in total. The first-order valence-electron chi connectivity index (χ1n) is 10.0. The topological polar surface area (TPSA) is 57.7 Å². The third-order valence-electron chi connectivity index (χ3n) is 6.35. The molecule has 0 atom stereocenters. The molecule has 2 fully saturated rings. The van der Waals surface area contributed by atoms with Crippen molar-refractivity contribution in [3.8, 4) is 0 Å². The van der Waals surface area contributed by atoms with Crippen LogP contribution in [0.5, 0.6) is 0 Å². The van der Waals surface area contributed by atoms with Crippen molar-refractivity contribution >= 4 is 15.9 Å². The SMILES string of the molecule is Cc1cc(S(=O)(=O)N2CCC3(CCC(=O)N3Cc3ccc(F)cc3)CC2)ccc1F. The summed E-state index contributed by atoms with van der Waals surface area (Å²) in [5.41, 5.74) is 0.759.